The predicted molar refractivity (Wildman–Crippen MR) is 69.5 cm³/mol. The van der Waals surface area contributed by atoms with Gasteiger partial charge in [-0.1, -0.05) is 24.3 Å². The average Bonchev–Trinajstić information content (AvgIpc) is 2.62. The molecule has 0 amide bonds. The van der Waals surface area contributed by atoms with Crippen molar-refractivity contribution in [2.24, 2.45) is 0 Å². The Morgan fingerprint density at radius 2 is 1.29 bits per heavy atom. The van der Waals surface area contributed by atoms with Gasteiger partial charge in [-0.25, -0.2) is 0 Å². The van der Waals surface area contributed by atoms with E-state index in [4.69, 9.17) is 0 Å². The van der Waals surface area contributed by atoms with Gasteiger partial charge in [0, 0.05) is 0 Å². The topological polar surface area (TPSA) is 0 Å². The molecular formula is C17H14. The summed E-state index contributed by atoms with van der Waals surface area (Å²) < 4.78 is 0. The first-order chi connectivity index (χ1) is 8.43. The largest absolute Gasteiger partial charge is 0.0619 e. The molecule has 3 aliphatic rings. The van der Waals surface area contributed by atoms with Crippen molar-refractivity contribution in [3.8, 4) is 11.1 Å². The van der Waals surface area contributed by atoms with E-state index in [1.165, 1.54) is 37.7 Å². The summed E-state index contributed by atoms with van der Waals surface area (Å²) in [6.07, 6.45) is 6.54. The highest BCUT2D eigenvalue weighted by Crippen LogP contribution is 2.50. The lowest BCUT2D eigenvalue weighted by molar-refractivity contribution is 0.736. The zero-order valence-corrected chi connectivity index (χ0v) is 9.84. The van der Waals surface area contributed by atoms with Crippen LogP contribution in [0.15, 0.2) is 24.3 Å². The smallest absolute Gasteiger partial charge is 0.00105 e. The Morgan fingerprint density at radius 1 is 0.647 bits per heavy atom. The highest BCUT2D eigenvalue weighted by molar-refractivity contribution is 5.84. The van der Waals surface area contributed by atoms with E-state index < -0.39 is 0 Å². The molecule has 0 unspecified atom stereocenters. The van der Waals surface area contributed by atoms with Crippen LogP contribution in [0.5, 0.6) is 0 Å². The summed E-state index contributed by atoms with van der Waals surface area (Å²) in [4.78, 5) is 0. The summed E-state index contributed by atoms with van der Waals surface area (Å²) in [5.41, 5.74) is 13.3. The Labute approximate surface area is 101 Å². The molecule has 0 spiro atoms. The molecule has 0 saturated heterocycles. The van der Waals surface area contributed by atoms with Crippen LogP contribution in [-0.2, 0) is 32.1 Å². The average molecular weight is 218 g/mol. The molecule has 0 fully saturated rings. The maximum atomic E-state index is 2.32. The van der Waals surface area contributed by atoms with E-state index >= 15 is 0 Å². The summed E-state index contributed by atoms with van der Waals surface area (Å²) in [6.45, 7) is 0. The van der Waals surface area contributed by atoms with Gasteiger partial charge in [-0.15, -0.1) is 0 Å². The van der Waals surface area contributed by atoms with Gasteiger partial charge in [-0.3, -0.25) is 0 Å². The molecule has 0 nitrogen and oxygen atoms in total. The van der Waals surface area contributed by atoms with Crippen LogP contribution in [0.2, 0.25) is 0 Å². The molecule has 0 aromatic heterocycles. The van der Waals surface area contributed by atoms with Crippen molar-refractivity contribution in [2.45, 2.75) is 32.1 Å². The van der Waals surface area contributed by atoms with Crippen LogP contribution in [0.3, 0.4) is 0 Å². The Hall–Kier alpha value is -1.56. The van der Waals surface area contributed by atoms with Crippen molar-refractivity contribution in [3.05, 3.63) is 57.6 Å². The van der Waals surface area contributed by atoms with E-state index in [1.54, 1.807) is 38.9 Å². The van der Waals surface area contributed by atoms with Crippen molar-refractivity contribution < 1.29 is 0 Å². The number of benzene rings is 2. The van der Waals surface area contributed by atoms with Crippen LogP contribution < -0.4 is 0 Å². The monoisotopic (exact) mass is 218 g/mol. The van der Waals surface area contributed by atoms with Crippen molar-refractivity contribution in [3.63, 3.8) is 0 Å². The third kappa shape index (κ3) is 0.845. The van der Waals surface area contributed by atoms with Gasteiger partial charge in [0.2, 0.25) is 0 Å². The first kappa shape index (κ1) is 8.52. The van der Waals surface area contributed by atoms with Crippen molar-refractivity contribution in [1.82, 2.24) is 0 Å². The van der Waals surface area contributed by atoms with Gasteiger partial charge < -0.3 is 0 Å². The maximum Gasteiger partial charge on any atom is -0.00105 e. The molecule has 5 rings (SSSR count). The second kappa shape index (κ2) is 2.64. The fourth-order valence-corrected chi connectivity index (χ4v) is 3.99. The Kier molecular flexibility index (Phi) is 1.32. The van der Waals surface area contributed by atoms with Crippen LogP contribution in [0, 0.1) is 0 Å². The van der Waals surface area contributed by atoms with E-state index in [-0.39, 0.29) is 0 Å². The van der Waals surface area contributed by atoms with Gasteiger partial charge in [-0.05, 0) is 76.6 Å². The fraction of sp³-hybridized carbons (Fsp3) is 0.294. The summed E-state index contributed by atoms with van der Waals surface area (Å²) in [6, 6.07) is 9.01. The van der Waals surface area contributed by atoms with Gasteiger partial charge in [-0.2, -0.15) is 0 Å². The van der Waals surface area contributed by atoms with E-state index in [0.717, 1.165) is 0 Å². The van der Waals surface area contributed by atoms with Crippen molar-refractivity contribution in [2.75, 3.05) is 0 Å². The predicted octanol–water partition coefficient (Wildman–Crippen LogP) is 3.46. The zero-order valence-electron chi connectivity index (χ0n) is 9.84. The van der Waals surface area contributed by atoms with Gasteiger partial charge in [0.05, 0.1) is 0 Å². The molecule has 0 heterocycles. The molecular weight excluding hydrogens is 204 g/mol. The van der Waals surface area contributed by atoms with E-state index in [9.17, 15) is 0 Å². The molecule has 17 heavy (non-hydrogen) atoms. The van der Waals surface area contributed by atoms with Gasteiger partial charge in [0.1, 0.15) is 0 Å². The zero-order chi connectivity index (χ0) is 11.0. The standard InChI is InChI=1S/C17H14/c1-2-4-11-10(3-1)9-16-14-6-5-12(14)13-7-8-15(13)17(11)16/h1-4H,5-9H2. The van der Waals surface area contributed by atoms with Crippen LogP contribution in [0.1, 0.15) is 33.4 Å². The minimum absolute atomic E-state index is 1.20. The van der Waals surface area contributed by atoms with Crippen LogP contribution in [0.4, 0.5) is 0 Å². The van der Waals surface area contributed by atoms with Crippen LogP contribution in [-0.4, -0.2) is 0 Å². The van der Waals surface area contributed by atoms with Gasteiger partial charge in [0.15, 0.2) is 0 Å². The molecule has 0 atom stereocenters. The molecule has 2 aromatic rings. The highest BCUT2D eigenvalue weighted by Gasteiger charge is 2.35. The van der Waals surface area contributed by atoms with E-state index in [0.29, 0.717) is 0 Å². The highest BCUT2D eigenvalue weighted by atomic mass is 14.4. The SMILES string of the molecule is c1ccc2c(c1)Cc1c3c(c4c(c1-2)CC4)CC3. The Balaban J connectivity index is 1.93. The first-order valence-electron chi connectivity index (χ1n) is 6.70. The van der Waals surface area contributed by atoms with Crippen molar-refractivity contribution >= 4 is 0 Å². The fourth-order valence-electron chi connectivity index (χ4n) is 3.99. The van der Waals surface area contributed by atoms with E-state index in [1.807, 2.05) is 0 Å². The molecule has 0 radical (unpaired) electrons. The molecule has 82 valence electrons. The molecule has 0 heteroatoms. The lowest BCUT2D eigenvalue weighted by Gasteiger charge is -2.34. The summed E-state index contributed by atoms with van der Waals surface area (Å²) in [5, 5.41) is 0. The number of hydrogen-bond acceptors (Lipinski definition) is 0. The van der Waals surface area contributed by atoms with Crippen molar-refractivity contribution in [1.29, 1.82) is 0 Å². The Bertz CT molecular complexity index is 677. The number of hydrogen-bond donors (Lipinski definition) is 0. The minimum atomic E-state index is 1.20. The quantitative estimate of drug-likeness (QED) is 0.542. The second-order valence-corrected chi connectivity index (χ2v) is 5.60. The lowest BCUT2D eigenvalue weighted by Crippen LogP contribution is -2.23. The van der Waals surface area contributed by atoms with E-state index in [2.05, 4.69) is 24.3 Å². The lowest BCUT2D eigenvalue weighted by atomic mass is 9.70. The third-order valence-corrected chi connectivity index (χ3v) is 4.96. The van der Waals surface area contributed by atoms with Crippen LogP contribution in [0.25, 0.3) is 11.1 Å². The van der Waals surface area contributed by atoms with Gasteiger partial charge in [0.25, 0.3) is 0 Å². The number of fused-ring (bicyclic) bond motifs is 8. The molecule has 0 aliphatic heterocycles. The first-order valence-corrected chi connectivity index (χ1v) is 6.70. The molecule has 0 saturated carbocycles. The number of rotatable bonds is 0. The van der Waals surface area contributed by atoms with Gasteiger partial charge >= 0.3 is 0 Å². The summed E-state index contributed by atoms with van der Waals surface area (Å²) in [5.74, 6) is 0. The third-order valence-electron chi connectivity index (χ3n) is 4.96. The molecule has 3 aliphatic carbocycles. The summed E-state index contributed by atoms with van der Waals surface area (Å²) >= 11 is 0. The molecule has 0 bridgehead atoms. The minimum Gasteiger partial charge on any atom is -0.0619 e. The summed E-state index contributed by atoms with van der Waals surface area (Å²) in [7, 11) is 0. The molecule has 0 N–H and O–H groups in total. The van der Waals surface area contributed by atoms with Crippen LogP contribution >= 0.6 is 0 Å². The maximum absolute atomic E-state index is 2.32. The second-order valence-electron chi connectivity index (χ2n) is 5.60. The molecule has 2 aromatic carbocycles. The normalized spacial score (nSPS) is 17.4. The Morgan fingerprint density at radius 3 is 2.06 bits per heavy atom.